The van der Waals surface area contributed by atoms with Crippen molar-refractivity contribution in [1.29, 1.82) is 0 Å². The van der Waals surface area contributed by atoms with Crippen molar-refractivity contribution < 1.29 is 13.2 Å². The van der Waals surface area contributed by atoms with Gasteiger partial charge in [0.25, 0.3) is 0 Å². The van der Waals surface area contributed by atoms with Crippen LogP contribution in [-0.2, 0) is 14.8 Å². The molecule has 0 saturated carbocycles. The van der Waals surface area contributed by atoms with Gasteiger partial charge in [0.15, 0.2) is 0 Å². The molecule has 0 atom stereocenters. The highest BCUT2D eigenvalue weighted by Gasteiger charge is 2.17. The molecular weight excluding hydrogens is 312 g/mol. The zero-order chi connectivity index (χ0) is 14.6. The predicted octanol–water partition coefficient (Wildman–Crippen LogP) is 1.34. The molecule has 2 rings (SSSR count). The summed E-state index contributed by atoms with van der Waals surface area (Å²) in [5.74, 6) is 0. The lowest BCUT2D eigenvalue weighted by Gasteiger charge is -2.26. The van der Waals surface area contributed by atoms with Crippen LogP contribution in [0.1, 0.15) is 11.1 Å². The molecule has 1 saturated heterocycles. The summed E-state index contributed by atoms with van der Waals surface area (Å²) in [5.41, 5.74) is 1.85. The molecule has 1 aliphatic heterocycles. The molecule has 0 unspecified atom stereocenters. The molecular formula is C14H23ClN2O3S. The van der Waals surface area contributed by atoms with E-state index < -0.39 is 10.0 Å². The number of hydrogen-bond acceptors (Lipinski definition) is 4. The Kier molecular flexibility index (Phi) is 7.09. The van der Waals surface area contributed by atoms with Gasteiger partial charge < -0.3 is 4.74 Å². The third-order valence-corrected chi connectivity index (χ3v) is 5.07. The van der Waals surface area contributed by atoms with Gasteiger partial charge in [-0.05, 0) is 25.5 Å². The van der Waals surface area contributed by atoms with Crippen molar-refractivity contribution in [2.24, 2.45) is 0 Å². The fraction of sp³-hybridized carbons (Fsp3) is 0.571. The summed E-state index contributed by atoms with van der Waals surface area (Å²) in [4.78, 5) is 2.57. The van der Waals surface area contributed by atoms with Crippen LogP contribution in [0.25, 0.3) is 0 Å². The van der Waals surface area contributed by atoms with Crippen LogP contribution in [0.2, 0.25) is 0 Å². The molecule has 0 bridgehead atoms. The summed E-state index contributed by atoms with van der Waals surface area (Å²) >= 11 is 0. The lowest BCUT2D eigenvalue weighted by atomic mass is 10.2. The second-order valence-corrected chi connectivity index (χ2v) is 6.86. The van der Waals surface area contributed by atoms with Crippen molar-refractivity contribution >= 4 is 22.4 Å². The average molecular weight is 335 g/mol. The summed E-state index contributed by atoms with van der Waals surface area (Å²) in [7, 11) is -3.42. The number of nitrogens with zero attached hydrogens (tertiary/aromatic N) is 1. The van der Waals surface area contributed by atoms with Gasteiger partial charge in [-0.2, -0.15) is 0 Å². The Hall–Kier alpha value is -0.660. The van der Waals surface area contributed by atoms with E-state index in [1.807, 2.05) is 26.0 Å². The van der Waals surface area contributed by atoms with Crippen LogP contribution in [0, 0.1) is 13.8 Å². The van der Waals surface area contributed by atoms with Crippen molar-refractivity contribution in [2.75, 3.05) is 39.4 Å². The van der Waals surface area contributed by atoms with Gasteiger partial charge in [-0.3, -0.25) is 4.90 Å². The summed E-state index contributed by atoms with van der Waals surface area (Å²) < 4.78 is 32.4. The van der Waals surface area contributed by atoms with Crippen LogP contribution in [0.4, 0.5) is 0 Å². The number of halogens is 1. The Morgan fingerprint density at radius 1 is 1.24 bits per heavy atom. The van der Waals surface area contributed by atoms with E-state index in [0.717, 1.165) is 37.4 Å². The Morgan fingerprint density at radius 2 is 1.90 bits per heavy atom. The maximum atomic E-state index is 12.3. The van der Waals surface area contributed by atoms with Gasteiger partial charge in [-0.25, -0.2) is 13.1 Å². The predicted molar refractivity (Wildman–Crippen MR) is 85.6 cm³/mol. The van der Waals surface area contributed by atoms with Crippen molar-refractivity contribution in [3.63, 3.8) is 0 Å². The second-order valence-electron chi connectivity index (χ2n) is 5.12. The molecule has 1 fully saturated rings. The molecule has 0 radical (unpaired) electrons. The smallest absolute Gasteiger partial charge is 0.240 e. The first-order valence-corrected chi connectivity index (χ1v) is 8.34. The van der Waals surface area contributed by atoms with Crippen LogP contribution in [0.15, 0.2) is 23.1 Å². The molecule has 0 aromatic heterocycles. The number of sulfonamides is 1. The normalized spacial score (nSPS) is 16.5. The van der Waals surface area contributed by atoms with E-state index >= 15 is 0 Å². The molecule has 1 aliphatic rings. The fourth-order valence-corrected chi connectivity index (χ4v) is 3.59. The molecule has 0 aliphatic carbocycles. The summed E-state index contributed by atoms with van der Waals surface area (Å²) in [6.07, 6.45) is 0. The first-order chi connectivity index (χ1) is 9.49. The third kappa shape index (κ3) is 5.23. The molecule has 7 heteroatoms. The van der Waals surface area contributed by atoms with Gasteiger partial charge in [0.2, 0.25) is 10.0 Å². The molecule has 1 N–H and O–H groups in total. The van der Waals surface area contributed by atoms with Gasteiger partial charge in [0, 0.05) is 26.2 Å². The summed E-state index contributed by atoms with van der Waals surface area (Å²) in [6, 6.07) is 5.38. The van der Waals surface area contributed by atoms with Crippen molar-refractivity contribution in [2.45, 2.75) is 18.7 Å². The Bertz CT molecular complexity index is 557. The molecule has 5 nitrogen and oxygen atoms in total. The standard InChI is InChI=1S/C14H22N2O3S.ClH/c1-12-3-4-14(13(2)11-12)20(17,18)15-5-6-16-7-9-19-10-8-16;/h3-4,11,15H,5-10H2,1-2H3;1H. The number of hydrogen-bond donors (Lipinski definition) is 1. The van der Waals surface area contributed by atoms with E-state index in [4.69, 9.17) is 4.74 Å². The van der Waals surface area contributed by atoms with Crippen molar-refractivity contribution in [3.8, 4) is 0 Å². The maximum absolute atomic E-state index is 12.3. The number of benzene rings is 1. The van der Waals surface area contributed by atoms with Crippen LogP contribution in [0.5, 0.6) is 0 Å². The second kappa shape index (κ2) is 8.10. The number of rotatable bonds is 5. The monoisotopic (exact) mass is 334 g/mol. The molecule has 1 aromatic carbocycles. The first-order valence-electron chi connectivity index (χ1n) is 6.86. The zero-order valence-electron chi connectivity index (χ0n) is 12.5. The van der Waals surface area contributed by atoms with E-state index in [1.165, 1.54) is 0 Å². The molecule has 0 spiro atoms. The van der Waals surface area contributed by atoms with Gasteiger partial charge >= 0.3 is 0 Å². The van der Waals surface area contributed by atoms with E-state index in [9.17, 15) is 8.42 Å². The van der Waals surface area contributed by atoms with Crippen molar-refractivity contribution in [3.05, 3.63) is 29.3 Å². The van der Waals surface area contributed by atoms with Gasteiger partial charge in [0.1, 0.15) is 0 Å². The minimum absolute atomic E-state index is 0. The Labute approximate surface area is 133 Å². The fourth-order valence-electron chi connectivity index (χ4n) is 2.34. The van der Waals surface area contributed by atoms with Gasteiger partial charge in [-0.1, -0.05) is 17.7 Å². The Morgan fingerprint density at radius 3 is 2.52 bits per heavy atom. The molecule has 1 aromatic rings. The number of nitrogens with one attached hydrogen (secondary N) is 1. The zero-order valence-corrected chi connectivity index (χ0v) is 14.1. The lowest BCUT2D eigenvalue weighted by molar-refractivity contribution is 0.0390. The molecule has 120 valence electrons. The van der Waals surface area contributed by atoms with E-state index in [1.54, 1.807) is 6.07 Å². The van der Waals surface area contributed by atoms with Crippen LogP contribution < -0.4 is 4.72 Å². The molecule has 21 heavy (non-hydrogen) atoms. The van der Waals surface area contributed by atoms with Crippen molar-refractivity contribution in [1.82, 2.24) is 9.62 Å². The van der Waals surface area contributed by atoms with Crippen LogP contribution in [-0.4, -0.2) is 52.7 Å². The third-order valence-electron chi connectivity index (χ3n) is 3.44. The number of aryl methyl sites for hydroxylation is 2. The average Bonchev–Trinajstić information content (AvgIpc) is 2.39. The SMILES string of the molecule is Cc1ccc(S(=O)(=O)NCCN2CCOCC2)c(C)c1.Cl. The summed E-state index contributed by atoms with van der Waals surface area (Å²) in [5, 5.41) is 0. The minimum atomic E-state index is -3.42. The molecule has 1 heterocycles. The van der Waals surface area contributed by atoms with Gasteiger partial charge in [0.05, 0.1) is 18.1 Å². The van der Waals surface area contributed by atoms with E-state index in [0.29, 0.717) is 18.0 Å². The Balaban J connectivity index is 0.00000220. The molecule has 0 amide bonds. The highest BCUT2D eigenvalue weighted by atomic mass is 35.5. The summed E-state index contributed by atoms with van der Waals surface area (Å²) in [6.45, 7) is 8.10. The van der Waals surface area contributed by atoms with Crippen LogP contribution >= 0.6 is 12.4 Å². The number of ether oxygens (including phenoxy) is 1. The lowest BCUT2D eigenvalue weighted by Crippen LogP contribution is -2.41. The largest absolute Gasteiger partial charge is 0.379 e. The highest BCUT2D eigenvalue weighted by Crippen LogP contribution is 2.15. The highest BCUT2D eigenvalue weighted by molar-refractivity contribution is 7.89. The van der Waals surface area contributed by atoms with E-state index in [2.05, 4.69) is 9.62 Å². The first kappa shape index (κ1) is 18.4. The maximum Gasteiger partial charge on any atom is 0.240 e. The quantitative estimate of drug-likeness (QED) is 0.882. The van der Waals surface area contributed by atoms with E-state index in [-0.39, 0.29) is 12.4 Å². The minimum Gasteiger partial charge on any atom is -0.379 e. The number of morpholine rings is 1. The van der Waals surface area contributed by atoms with Crippen LogP contribution in [0.3, 0.4) is 0 Å². The van der Waals surface area contributed by atoms with Gasteiger partial charge in [-0.15, -0.1) is 12.4 Å². The topological polar surface area (TPSA) is 58.6 Å².